The van der Waals surface area contributed by atoms with Crippen LogP contribution >= 0.6 is 11.3 Å². The lowest BCUT2D eigenvalue weighted by molar-refractivity contribution is -0.139. The van der Waals surface area contributed by atoms with Gasteiger partial charge < -0.3 is 14.4 Å². The van der Waals surface area contributed by atoms with E-state index in [0.717, 1.165) is 69.0 Å². The fourth-order valence-electron chi connectivity index (χ4n) is 4.00. The van der Waals surface area contributed by atoms with E-state index in [1.807, 2.05) is 24.3 Å². The van der Waals surface area contributed by atoms with Crippen LogP contribution in [-0.2, 0) is 9.53 Å². The molecule has 0 bridgehead atoms. The zero-order valence-corrected chi connectivity index (χ0v) is 16.5. The average molecular weight is 387 g/mol. The minimum Gasteiger partial charge on any atom is -0.496 e. The van der Waals surface area contributed by atoms with E-state index in [1.165, 1.54) is 5.01 Å². The van der Waals surface area contributed by atoms with Crippen molar-refractivity contribution in [3.8, 4) is 17.0 Å². The summed E-state index contributed by atoms with van der Waals surface area (Å²) in [5.74, 6) is 1.78. The summed E-state index contributed by atoms with van der Waals surface area (Å²) in [4.78, 5) is 19.6. The van der Waals surface area contributed by atoms with Gasteiger partial charge in [0.1, 0.15) is 5.75 Å². The second-order valence-electron chi connectivity index (χ2n) is 7.26. The van der Waals surface area contributed by atoms with E-state index in [4.69, 9.17) is 14.5 Å². The van der Waals surface area contributed by atoms with Crippen LogP contribution in [0.3, 0.4) is 0 Å². The van der Waals surface area contributed by atoms with Gasteiger partial charge >= 0.3 is 0 Å². The van der Waals surface area contributed by atoms with Gasteiger partial charge in [-0.1, -0.05) is 12.1 Å². The normalized spacial score (nSPS) is 19.2. The number of benzene rings is 1. The first kappa shape index (κ1) is 18.4. The van der Waals surface area contributed by atoms with Gasteiger partial charge in [-0.25, -0.2) is 4.98 Å². The van der Waals surface area contributed by atoms with E-state index in [0.29, 0.717) is 11.8 Å². The van der Waals surface area contributed by atoms with Crippen molar-refractivity contribution >= 4 is 17.2 Å². The van der Waals surface area contributed by atoms with E-state index in [1.54, 1.807) is 18.4 Å². The van der Waals surface area contributed by atoms with Crippen molar-refractivity contribution in [2.75, 3.05) is 33.4 Å². The van der Waals surface area contributed by atoms with Crippen molar-refractivity contribution in [2.24, 2.45) is 5.92 Å². The van der Waals surface area contributed by atoms with Crippen LogP contribution < -0.4 is 4.74 Å². The van der Waals surface area contributed by atoms with Crippen LogP contribution in [0.1, 0.15) is 36.6 Å². The van der Waals surface area contributed by atoms with Crippen LogP contribution in [0.2, 0.25) is 0 Å². The number of carbonyl (C=O) groups excluding carboxylic acids is 1. The highest BCUT2D eigenvalue weighted by Gasteiger charge is 2.30. The number of likely N-dealkylation sites (tertiary alicyclic amines) is 1. The van der Waals surface area contributed by atoms with Crippen molar-refractivity contribution in [3.63, 3.8) is 0 Å². The fraction of sp³-hybridized carbons (Fsp3) is 0.524. The summed E-state index contributed by atoms with van der Waals surface area (Å²) in [7, 11) is 1.69. The largest absolute Gasteiger partial charge is 0.496 e. The number of aromatic nitrogens is 1. The zero-order chi connectivity index (χ0) is 18.6. The van der Waals surface area contributed by atoms with Gasteiger partial charge in [0.25, 0.3) is 0 Å². The number of amides is 1. The lowest BCUT2D eigenvalue weighted by Gasteiger charge is -2.34. The molecule has 6 heteroatoms. The van der Waals surface area contributed by atoms with Crippen LogP contribution in [0.25, 0.3) is 11.3 Å². The number of piperidine rings is 1. The highest BCUT2D eigenvalue weighted by atomic mass is 32.1. The summed E-state index contributed by atoms with van der Waals surface area (Å²) in [5.41, 5.74) is 2.02. The van der Waals surface area contributed by atoms with Gasteiger partial charge in [-0.15, -0.1) is 11.3 Å². The van der Waals surface area contributed by atoms with E-state index in [9.17, 15) is 4.79 Å². The third kappa shape index (κ3) is 4.01. The maximum absolute atomic E-state index is 12.7. The third-order valence-electron chi connectivity index (χ3n) is 5.63. The first-order valence-corrected chi connectivity index (χ1v) is 10.6. The summed E-state index contributed by atoms with van der Waals surface area (Å²) in [5, 5.41) is 3.29. The molecule has 2 aliphatic heterocycles. The number of nitrogens with zero attached hydrogens (tertiary/aromatic N) is 2. The summed E-state index contributed by atoms with van der Waals surface area (Å²) >= 11 is 1.72. The van der Waals surface area contributed by atoms with Crippen molar-refractivity contribution in [2.45, 2.75) is 31.6 Å². The van der Waals surface area contributed by atoms with Gasteiger partial charge in [0.2, 0.25) is 5.91 Å². The standard InChI is InChI=1S/C21H26N2O3S/c1-25-19-5-3-2-4-17(19)18-14-27-20(22-18)15-6-10-23(11-7-15)21(24)16-8-12-26-13-9-16/h2-5,14-16H,6-13H2,1H3. The molecule has 0 radical (unpaired) electrons. The molecular formula is C21H26N2O3S. The summed E-state index contributed by atoms with van der Waals surface area (Å²) in [6.07, 6.45) is 3.72. The fourth-order valence-corrected chi connectivity index (χ4v) is 5.00. The van der Waals surface area contributed by atoms with Crippen LogP contribution in [-0.4, -0.2) is 49.2 Å². The highest BCUT2D eigenvalue weighted by Crippen LogP contribution is 2.36. The number of ether oxygens (including phenoxy) is 2. The minimum absolute atomic E-state index is 0.160. The van der Waals surface area contributed by atoms with Gasteiger partial charge in [0.05, 0.1) is 17.8 Å². The summed E-state index contributed by atoms with van der Waals surface area (Å²) < 4.78 is 10.8. The summed E-state index contributed by atoms with van der Waals surface area (Å²) in [6.45, 7) is 3.12. The van der Waals surface area contributed by atoms with Gasteiger partial charge in [-0.3, -0.25) is 4.79 Å². The zero-order valence-electron chi connectivity index (χ0n) is 15.7. The maximum Gasteiger partial charge on any atom is 0.225 e. The topological polar surface area (TPSA) is 51.7 Å². The first-order valence-electron chi connectivity index (χ1n) is 9.71. The molecule has 1 aromatic carbocycles. The SMILES string of the molecule is COc1ccccc1-c1csc(C2CCN(C(=O)C3CCOCC3)CC2)n1. The number of hydrogen-bond donors (Lipinski definition) is 0. The third-order valence-corrected chi connectivity index (χ3v) is 6.64. The molecule has 1 amide bonds. The van der Waals surface area contributed by atoms with Crippen molar-refractivity contribution < 1.29 is 14.3 Å². The number of thiazole rings is 1. The Morgan fingerprint density at radius 2 is 1.93 bits per heavy atom. The minimum atomic E-state index is 0.160. The number of carbonyl (C=O) groups is 1. The van der Waals surface area contributed by atoms with Gasteiger partial charge in [0.15, 0.2) is 0 Å². The molecule has 0 saturated carbocycles. The number of methoxy groups -OCH3 is 1. The second kappa shape index (κ2) is 8.40. The lowest BCUT2D eigenvalue weighted by Crippen LogP contribution is -2.42. The maximum atomic E-state index is 12.7. The molecule has 3 heterocycles. The summed E-state index contributed by atoms with van der Waals surface area (Å²) in [6, 6.07) is 8.00. The Labute approximate surface area is 164 Å². The van der Waals surface area contributed by atoms with Crippen molar-refractivity contribution in [1.82, 2.24) is 9.88 Å². The predicted octanol–water partition coefficient (Wildman–Crippen LogP) is 3.95. The Hall–Kier alpha value is -1.92. The predicted molar refractivity (Wildman–Crippen MR) is 106 cm³/mol. The first-order chi connectivity index (χ1) is 13.3. The quantitative estimate of drug-likeness (QED) is 0.798. The highest BCUT2D eigenvalue weighted by molar-refractivity contribution is 7.10. The average Bonchev–Trinajstić information content (AvgIpc) is 3.24. The Morgan fingerprint density at radius 1 is 1.19 bits per heavy atom. The van der Waals surface area contributed by atoms with E-state index in [2.05, 4.69) is 10.3 Å². The van der Waals surface area contributed by atoms with Crippen LogP contribution in [0.4, 0.5) is 0 Å². The monoisotopic (exact) mass is 386 g/mol. The molecule has 0 spiro atoms. The number of hydrogen-bond acceptors (Lipinski definition) is 5. The molecule has 2 aromatic rings. The van der Waals surface area contributed by atoms with E-state index < -0.39 is 0 Å². The van der Waals surface area contributed by atoms with Crippen LogP contribution in [0, 0.1) is 5.92 Å². The molecule has 2 aliphatic rings. The molecule has 0 N–H and O–H groups in total. The number of para-hydroxylation sites is 1. The van der Waals surface area contributed by atoms with E-state index >= 15 is 0 Å². The molecule has 2 saturated heterocycles. The molecule has 27 heavy (non-hydrogen) atoms. The van der Waals surface area contributed by atoms with Crippen LogP contribution in [0.15, 0.2) is 29.6 Å². The Kier molecular flexibility index (Phi) is 5.74. The molecule has 0 atom stereocenters. The molecular weight excluding hydrogens is 360 g/mol. The van der Waals surface area contributed by atoms with Gasteiger partial charge in [-0.05, 0) is 37.8 Å². The molecule has 1 aromatic heterocycles. The Morgan fingerprint density at radius 3 is 2.67 bits per heavy atom. The van der Waals surface area contributed by atoms with Gasteiger partial charge in [0, 0.05) is 49.1 Å². The van der Waals surface area contributed by atoms with E-state index in [-0.39, 0.29) is 5.92 Å². The molecule has 144 valence electrons. The second-order valence-corrected chi connectivity index (χ2v) is 8.15. The number of rotatable bonds is 4. The molecule has 4 rings (SSSR count). The Bertz CT molecular complexity index is 777. The lowest BCUT2D eigenvalue weighted by atomic mass is 9.94. The molecule has 5 nitrogen and oxygen atoms in total. The Balaban J connectivity index is 1.39. The molecule has 0 unspecified atom stereocenters. The molecule has 2 fully saturated rings. The van der Waals surface area contributed by atoms with Gasteiger partial charge in [-0.2, -0.15) is 0 Å². The smallest absolute Gasteiger partial charge is 0.225 e. The van der Waals surface area contributed by atoms with Crippen molar-refractivity contribution in [3.05, 3.63) is 34.7 Å². The molecule has 0 aliphatic carbocycles. The van der Waals surface area contributed by atoms with Crippen LogP contribution in [0.5, 0.6) is 5.75 Å². The van der Waals surface area contributed by atoms with Crippen molar-refractivity contribution in [1.29, 1.82) is 0 Å².